The minimum atomic E-state index is -0.538. The maximum Gasteiger partial charge on any atom is 0.229 e. The lowest BCUT2D eigenvalue weighted by molar-refractivity contribution is 0.617. The number of hydrogen-bond donors (Lipinski definition) is 0. The average Bonchev–Trinajstić information content (AvgIpc) is 2.52. The van der Waals surface area contributed by atoms with Crippen LogP contribution in [-0.4, -0.2) is 14.8 Å². The molecule has 0 unspecified atom stereocenters. The largest absolute Gasteiger partial charge is 0.267 e. The predicted octanol–water partition coefficient (Wildman–Crippen LogP) is 3.02. The molecule has 1 heterocycles. The highest BCUT2D eigenvalue weighted by Crippen LogP contribution is 2.24. The van der Waals surface area contributed by atoms with Gasteiger partial charge in [0.2, 0.25) is 5.28 Å². The average molecular weight is 246 g/mol. The highest BCUT2D eigenvalue weighted by atomic mass is 35.5. The molecule has 0 atom stereocenters. The summed E-state index contributed by atoms with van der Waals surface area (Å²) in [4.78, 5) is 0. The van der Waals surface area contributed by atoms with Crippen molar-refractivity contribution in [2.24, 2.45) is 0 Å². The Labute approximate surface area is 95.5 Å². The quantitative estimate of drug-likeness (QED) is 0.774. The smallest absolute Gasteiger partial charge is 0.229 e. The zero-order valence-corrected chi connectivity index (χ0v) is 9.22. The van der Waals surface area contributed by atoms with Gasteiger partial charge in [0.15, 0.2) is 5.82 Å². The lowest BCUT2D eigenvalue weighted by atomic mass is 10.3. The fourth-order valence-electron chi connectivity index (χ4n) is 1.28. The van der Waals surface area contributed by atoms with Crippen LogP contribution in [0.5, 0.6) is 0 Å². The van der Waals surface area contributed by atoms with Crippen LogP contribution in [0.4, 0.5) is 4.39 Å². The molecular formula is C9H6Cl2FN3. The molecule has 3 nitrogen and oxygen atoms in total. The number of aryl methyl sites for hydroxylation is 1. The van der Waals surface area contributed by atoms with Crippen molar-refractivity contribution in [2.45, 2.75) is 6.92 Å². The van der Waals surface area contributed by atoms with Gasteiger partial charge in [-0.05, 0) is 30.7 Å². The maximum absolute atomic E-state index is 13.7. The van der Waals surface area contributed by atoms with Gasteiger partial charge in [0.25, 0.3) is 0 Å². The van der Waals surface area contributed by atoms with Crippen LogP contribution in [0.15, 0.2) is 18.2 Å². The van der Waals surface area contributed by atoms with Crippen LogP contribution < -0.4 is 0 Å². The summed E-state index contributed by atoms with van der Waals surface area (Å²) in [7, 11) is 0. The molecule has 0 N–H and O–H groups in total. The molecule has 0 aliphatic heterocycles. The molecule has 0 saturated carbocycles. The van der Waals surface area contributed by atoms with Crippen molar-refractivity contribution in [2.75, 3.05) is 0 Å². The van der Waals surface area contributed by atoms with Crippen LogP contribution in [0.25, 0.3) is 5.69 Å². The normalized spacial score (nSPS) is 10.7. The molecule has 0 spiro atoms. The zero-order chi connectivity index (χ0) is 11.0. The van der Waals surface area contributed by atoms with E-state index in [0.717, 1.165) is 0 Å². The molecule has 1 aromatic carbocycles. The molecule has 0 aliphatic rings. The molecule has 6 heteroatoms. The minimum absolute atomic E-state index is 0.0386. The Kier molecular flexibility index (Phi) is 2.63. The molecule has 0 fully saturated rings. The molecule has 0 saturated heterocycles. The zero-order valence-electron chi connectivity index (χ0n) is 7.71. The SMILES string of the molecule is Cc1nnc(Cl)n1-c1cccc(Cl)c1F. The molecule has 0 bridgehead atoms. The van der Waals surface area contributed by atoms with Gasteiger partial charge in [-0.1, -0.05) is 17.7 Å². The molecule has 0 radical (unpaired) electrons. The summed E-state index contributed by atoms with van der Waals surface area (Å²) < 4.78 is 15.0. The van der Waals surface area contributed by atoms with Gasteiger partial charge in [-0.15, -0.1) is 10.2 Å². The van der Waals surface area contributed by atoms with E-state index >= 15 is 0 Å². The van der Waals surface area contributed by atoms with E-state index in [2.05, 4.69) is 10.2 Å². The van der Waals surface area contributed by atoms with Gasteiger partial charge >= 0.3 is 0 Å². The monoisotopic (exact) mass is 245 g/mol. The van der Waals surface area contributed by atoms with E-state index in [1.807, 2.05) is 0 Å². The highest BCUT2D eigenvalue weighted by molar-refractivity contribution is 6.31. The number of halogens is 3. The van der Waals surface area contributed by atoms with E-state index in [1.54, 1.807) is 19.1 Å². The maximum atomic E-state index is 13.7. The Morgan fingerprint density at radius 3 is 2.60 bits per heavy atom. The Hall–Kier alpha value is -1.13. The van der Waals surface area contributed by atoms with Crippen molar-refractivity contribution in [3.05, 3.63) is 40.1 Å². The summed E-state index contributed by atoms with van der Waals surface area (Å²) in [6.45, 7) is 1.68. The van der Waals surface area contributed by atoms with E-state index < -0.39 is 5.82 Å². The van der Waals surface area contributed by atoms with Gasteiger partial charge in [-0.25, -0.2) is 4.39 Å². The summed E-state index contributed by atoms with van der Waals surface area (Å²) in [5, 5.41) is 7.51. The van der Waals surface area contributed by atoms with Crippen LogP contribution in [0, 0.1) is 12.7 Å². The van der Waals surface area contributed by atoms with Gasteiger partial charge < -0.3 is 0 Å². The van der Waals surface area contributed by atoms with Crippen molar-refractivity contribution in [1.29, 1.82) is 0 Å². The number of rotatable bonds is 1. The van der Waals surface area contributed by atoms with Gasteiger partial charge in [-0.3, -0.25) is 4.57 Å². The fraction of sp³-hybridized carbons (Fsp3) is 0.111. The molecule has 0 amide bonds. The van der Waals surface area contributed by atoms with Crippen LogP contribution in [0.2, 0.25) is 10.3 Å². The van der Waals surface area contributed by atoms with Crippen LogP contribution in [0.3, 0.4) is 0 Å². The molecule has 2 rings (SSSR count). The molecular weight excluding hydrogens is 240 g/mol. The number of nitrogens with zero attached hydrogens (tertiary/aromatic N) is 3. The first-order chi connectivity index (χ1) is 7.11. The van der Waals surface area contributed by atoms with E-state index in [4.69, 9.17) is 23.2 Å². The summed E-state index contributed by atoms with van der Waals surface area (Å²) >= 11 is 11.4. The number of benzene rings is 1. The van der Waals surface area contributed by atoms with Crippen molar-refractivity contribution in [1.82, 2.24) is 14.8 Å². The third kappa shape index (κ3) is 1.70. The summed E-state index contributed by atoms with van der Waals surface area (Å²) in [6, 6.07) is 4.66. The third-order valence-corrected chi connectivity index (χ3v) is 2.49. The predicted molar refractivity (Wildman–Crippen MR) is 56.1 cm³/mol. The second-order valence-electron chi connectivity index (χ2n) is 2.92. The van der Waals surface area contributed by atoms with Gasteiger partial charge in [-0.2, -0.15) is 0 Å². The van der Waals surface area contributed by atoms with Gasteiger partial charge in [0, 0.05) is 0 Å². The molecule has 0 aliphatic carbocycles. The van der Waals surface area contributed by atoms with Gasteiger partial charge in [0.05, 0.1) is 10.7 Å². The second-order valence-corrected chi connectivity index (χ2v) is 3.67. The lowest BCUT2D eigenvalue weighted by Crippen LogP contribution is -2.00. The number of aromatic nitrogens is 3. The first kappa shape index (κ1) is 10.4. The van der Waals surface area contributed by atoms with E-state index in [1.165, 1.54) is 10.6 Å². The van der Waals surface area contributed by atoms with E-state index in [-0.39, 0.29) is 16.0 Å². The van der Waals surface area contributed by atoms with E-state index in [9.17, 15) is 4.39 Å². The summed E-state index contributed by atoms with van der Waals surface area (Å²) in [6.07, 6.45) is 0. The Bertz CT molecular complexity index is 491. The summed E-state index contributed by atoms with van der Waals surface area (Å²) in [5.41, 5.74) is 0.245. The second kappa shape index (κ2) is 3.79. The van der Waals surface area contributed by atoms with Crippen LogP contribution in [-0.2, 0) is 0 Å². The van der Waals surface area contributed by atoms with Crippen molar-refractivity contribution in [3.8, 4) is 5.69 Å². The highest BCUT2D eigenvalue weighted by Gasteiger charge is 2.14. The fourth-order valence-corrected chi connectivity index (χ4v) is 1.70. The first-order valence-corrected chi connectivity index (χ1v) is 4.88. The number of hydrogen-bond acceptors (Lipinski definition) is 2. The molecule has 2 aromatic rings. The Morgan fingerprint density at radius 2 is 2.00 bits per heavy atom. The van der Waals surface area contributed by atoms with Crippen molar-refractivity contribution < 1.29 is 4.39 Å². The van der Waals surface area contributed by atoms with E-state index in [0.29, 0.717) is 5.82 Å². The topological polar surface area (TPSA) is 30.7 Å². The Balaban J connectivity index is 2.69. The first-order valence-electron chi connectivity index (χ1n) is 4.13. The standard InChI is InChI=1S/C9H6Cl2FN3/c1-5-13-14-9(11)15(5)7-4-2-3-6(10)8(7)12/h2-4H,1H3. The third-order valence-electron chi connectivity index (χ3n) is 1.96. The molecule has 78 valence electrons. The van der Waals surface area contributed by atoms with Crippen LogP contribution in [0.1, 0.15) is 5.82 Å². The van der Waals surface area contributed by atoms with Crippen LogP contribution >= 0.6 is 23.2 Å². The molecule has 1 aromatic heterocycles. The Morgan fingerprint density at radius 1 is 1.27 bits per heavy atom. The summed E-state index contributed by atoms with van der Waals surface area (Å²) in [5.74, 6) is -0.0369. The molecule has 15 heavy (non-hydrogen) atoms. The van der Waals surface area contributed by atoms with Crippen molar-refractivity contribution >= 4 is 23.2 Å². The van der Waals surface area contributed by atoms with Gasteiger partial charge in [0.1, 0.15) is 5.82 Å². The minimum Gasteiger partial charge on any atom is -0.267 e. The van der Waals surface area contributed by atoms with Crippen molar-refractivity contribution in [3.63, 3.8) is 0 Å². The lowest BCUT2D eigenvalue weighted by Gasteiger charge is -2.07.